The molecule has 86 valence electrons. The molecule has 2 rings (SSSR count). The largest absolute Gasteiger partial charge is 0.368 e. The molecule has 0 aromatic rings. The summed E-state index contributed by atoms with van der Waals surface area (Å²) in [6.45, 7) is 1.33. The highest BCUT2D eigenvalue weighted by Crippen LogP contribution is 2.35. The second kappa shape index (κ2) is 4.37. The van der Waals surface area contributed by atoms with Gasteiger partial charge in [-0.3, -0.25) is 9.59 Å². The molecule has 0 aromatic carbocycles. The van der Waals surface area contributed by atoms with Crippen molar-refractivity contribution in [2.45, 2.75) is 25.3 Å². The Morgan fingerprint density at radius 3 is 2.80 bits per heavy atom. The van der Waals surface area contributed by atoms with Crippen LogP contribution in [0.3, 0.4) is 0 Å². The van der Waals surface area contributed by atoms with Crippen LogP contribution in [-0.4, -0.2) is 30.9 Å². The normalized spacial score (nSPS) is 34.7. The van der Waals surface area contributed by atoms with E-state index in [4.69, 9.17) is 5.73 Å². The minimum Gasteiger partial charge on any atom is -0.368 e. The molecule has 2 atom stereocenters. The fraction of sp³-hybridized carbons (Fsp3) is 0.778. The summed E-state index contributed by atoms with van der Waals surface area (Å²) in [6.07, 6.45) is 2.39. The van der Waals surface area contributed by atoms with Crippen molar-refractivity contribution >= 4 is 24.2 Å². The summed E-state index contributed by atoms with van der Waals surface area (Å²) in [6, 6.07) is -0.334. The van der Waals surface area contributed by atoms with E-state index >= 15 is 0 Å². The van der Waals surface area contributed by atoms with Crippen LogP contribution in [0.5, 0.6) is 0 Å². The van der Waals surface area contributed by atoms with Crippen molar-refractivity contribution in [3.63, 3.8) is 0 Å². The smallest absolute Gasteiger partial charge is 0.234 e. The molecule has 0 unspecified atom stereocenters. The van der Waals surface area contributed by atoms with E-state index < -0.39 is 0 Å². The maximum Gasteiger partial charge on any atom is 0.234 e. The highest BCUT2D eigenvalue weighted by atomic mass is 35.5. The Kier molecular flexibility index (Phi) is 3.57. The van der Waals surface area contributed by atoms with Crippen molar-refractivity contribution in [1.82, 2.24) is 10.6 Å². The van der Waals surface area contributed by atoms with Crippen LogP contribution in [0, 0.1) is 5.41 Å². The van der Waals surface area contributed by atoms with Gasteiger partial charge in [-0.25, -0.2) is 0 Å². The van der Waals surface area contributed by atoms with Gasteiger partial charge in [-0.2, -0.15) is 0 Å². The number of carbonyl (C=O) groups is 2. The van der Waals surface area contributed by atoms with Crippen LogP contribution < -0.4 is 16.4 Å². The van der Waals surface area contributed by atoms with Crippen LogP contribution in [-0.2, 0) is 9.59 Å². The fourth-order valence-electron chi connectivity index (χ4n) is 2.35. The van der Waals surface area contributed by atoms with Crippen molar-refractivity contribution in [1.29, 1.82) is 0 Å². The highest BCUT2D eigenvalue weighted by Gasteiger charge is 2.47. The fourth-order valence-corrected chi connectivity index (χ4v) is 2.35. The molecule has 15 heavy (non-hydrogen) atoms. The van der Waals surface area contributed by atoms with Crippen LogP contribution in [0.1, 0.15) is 19.3 Å². The van der Waals surface area contributed by atoms with Crippen LogP contribution in [0.15, 0.2) is 0 Å². The molecule has 6 heteroatoms. The number of primary amides is 1. The zero-order chi connectivity index (χ0) is 10.2. The van der Waals surface area contributed by atoms with Gasteiger partial charge in [0.05, 0.1) is 11.5 Å². The SMILES string of the molecule is Cl.NC(=O)[C@@H]1C[C@]2(CCCNC2=O)CN1. The molecule has 2 fully saturated rings. The molecule has 2 saturated heterocycles. The third-order valence-corrected chi connectivity index (χ3v) is 3.22. The number of hydrogen-bond acceptors (Lipinski definition) is 3. The molecule has 1 spiro atoms. The Bertz CT molecular complexity index is 285. The number of carbonyl (C=O) groups excluding carboxylic acids is 2. The first-order valence-corrected chi connectivity index (χ1v) is 4.95. The summed E-state index contributed by atoms with van der Waals surface area (Å²) in [5, 5.41) is 5.85. The predicted molar refractivity (Wildman–Crippen MR) is 57.5 cm³/mol. The van der Waals surface area contributed by atoms with Gasteiger partial charge in [0.15, 0.2) is 0 Å². The maximum absolute atomic E-state index is 11.7. The number of nitrogens with one attached hydrogen (secondary N) is 2. The topological polar surface area (TPSA) is 84.2 Å². The van der Waals surface area contributed by atoms with Gasteiger partial charge in [0, 0.05) is 13.1 Å². The Hall–Kier alpha value is -0.810. The quantitative estimate of drug-likeness (QED) is 0.552. The molecule has 0 aliphatic carbocycles. The summed E-state index contributed by atoms with van der Waals surface area (Å²) >= 11 is 0. The van der Waals surface area contributed by atoms with E-state index in [1.807, 2.05) is 0 Å². The van der Waals surface area contributed by atoms with Crippen molar-refractivity contribution in [2.24, 2.45) is 11.1 Å². The lowest BCUT2D eigenvalue weighted by Gasteiger charge is -2.31. The van der Waals surface area contributed by atoms with Gasteiger partial charge >= 0.3 is 0 Å². The van der Waals surface area contributed by atoms with Crippen LogP contribution >= 0.6 is 12.4 Å². The summed E-state index contributed by atoms with van der Waals surface area (Å²) < 4.78 is 0. The van der Waals surface area contributed by atoms with Crippen molar-refractivity contribution < 1.29 is 9.59 Å². The molecule has 0 bridgehead atoms. The Morgan fingerprint density at radius 1 is 1.53 bits per heavy atom. The van der Waals surface area contributed by atoms with E-state index in [9.17, 15) is 9.59 Å². The molecule has 2 amide bonds. The van der Waals surface area contributed by atoms with E-state index in [1.165, 1.54) is 0 Å². The molecule has 0 radical (unpaired) electrons. The molecule has 2 aliphatic rings. The first kappa shape index (κ1) is 12.3. The molecule has 0 aromatic heterocycles. The van der Waals surface area contributed by atoms with E-state index in [0.717, 1.165) is 19.4 Å². The molecule has 4 N–H and O–H groups in total. The van der Waals surface area contributed by atoms with Gasteiger partial charge in [-0.15, -0.1) is 12.4 Å². The minimum atomic E-state index is -0.377. The van der Waals surface area contributed by atoms with Gasteiger partial charge in [0.2, 0.25) is 11.8 Å². The van der Waals surface area contributed by atoms with Crippen molar-refractivity contribution in [3.05, 3.63) is 0 Å². The van der Waals surface area contributed by atoms with Gasteiger partial charge in [-0.1, -0.05) is 0 Å². The first-order chi connectivity index (χ1) is 6.64. The van der Waals surface area contributed by atoms with Gasteiger partial charge in [0.1, 0.15) is 0 Å². The molecular weight excluding hydrogens is 218 g/mol. The predicted octanol–water partition coefficient (Wildman–Crippen LogP) is -0.848. The number of amides is 2. The number of hydrogen-bond donors (Lipinski definition) is 3. The third-order valence-electron chi connectivity index (χ3n) is 3.22. The van der Waals surface area contributed by atoms with Crippen LogP contribution in [0.4, 0.5) is 0 Å². The van der Waals surface area contributed by atoms with Crippen LogP contribution in [0.25, 0.3) is 0 Å². The van der Waals surface area contributed by atoms with Crippen LogP contribution in [0.2, 0.25) is 0 Å². The molecular formula is C9H16ClN3O2. The first-order valence-electron chi connectivity index (χ1n) is 4.95. The summed E-state index contributed by atoms with van der Waals surface area (Å²) in [4.78, 5) is 22.6. The highest BCUT2D eigenvalue weighted by molar-refractivity contribution is 5.87. The Labute approximate surface area is 94.6 Å². The van der Waals surface area contributed by atoms with Gasteiger partial charge in [-0.05, 0) is 19.3 Å². The summed E-state index contributed by atoms with van der Waals surface area (Å²) in [5.74, 6) is -0.291. The van der Waals surface area contributed by atoms with Crippen molar-refractivity contribution in [2.75, 3.05) is 13.1 Å². The zero-order valence-corrected chi connectivity index (χ0v) is 9.23. The zero-order valence-electron chi connectivity index (χ0n) is 8.41. The Balaban J connectivity index is 0.00000112. The number of rotatable bonds is 1. The maximum atomic E-state index is 11.7. The number of nitrogens with two attached hydrogens (primary N) is 1. The summed E-state index contributed by atoms with van der Waals surface area (Å²) in [7, 11) is 0. The van der Waals surface area contributed by atoms with Gasteiger partial charge in [0.25, 0.3) is 0 Å². The van der Waals surface area contributed by atoms with E-state index in [1.54, 1.807) is 0 Å². The lowest BCUT2D eigenvalue weighted by molar-refractivity contribution is -0.132. The number of piperidine rings is 1. The Morgan fingerprint density at radius 2 is 2.27 bits per heavy atom. The average molecular weight is 234 g/mol. The third kappa shape index (κ3) is 2.08. The second-order valence-corrected chi connectivity index (χ2v) is 4.18. The lowest BCUT2D eigenvalue weighted by Crippen LogP contribution is -2.47. The molecule has 2 aliphatic heterocycles. The minimum absolute atomic E-state index is 0. The average Bonchev–Trinajstić information content (AvgIpc) is 2.56. The molecule has 0 saturated carbocycles. The van der Waals surface area contributed by atoms with E-state index in [0.29, 0.717) is 13.0 Å². The number of halogens is 1. The van der Waals surface area contributed by atoms with E-state index in [2.05, 4.69) is 10.6 Å². The van der Waals surface area contributed by atoms with Gasteiger partial charge < -0.3 is 16.4 Å². The summed E-state index contributed by atoms with van der Waals surface area (Å²) in [5.41, 5.74) is 4.82. The second-order valence-electron chi connectivity index (χ2n) is 4.18. The standard InChI is InChI=1S/C9H15N3O2.ClH/c10-7(13)6-4-9(5-12-6)2-1-3-11-8(9)14;/h6,12H,1-5H2,(H2,10,13)(H,11,14);1H/t6-,9+;/m0./s1. The van der Waals surface area contributed by atoms with Crippen molar-refractivity contribution in [3.8, 4) is 0 Å². The molecule has 2 heterocycles. The lowest BCUT2D eigenvalue weighted by atomic mass is 9.78. The molecule has 5 nitrogen and oxygen atoms in total. The van der Waals surface area contributed by atoms with E-state index in [-0.39, 0.29) is 35.7 Å². The monoisotopic (exact) mass is 233 g/mol.